The number of epoxide rings is 1. The van der Waals surface area contributed by atoms with Gasteiger partial charge in [0.2, 0.25) is 0 Å². The van der Waals surface area contributed by atoms with Crippen LogP contribution in [-0.4, -0.2) is 17.5 Å². The Kier molecular flexibility index (Phi) is 1.46. The van der Waals surface area contributed by atoms with E-state index in [2.05, 4.69) is 6.58 Å². The third kappa shape index (κ3) is 0.944. The van der Waals surface area contributed by atoms with E-state index in [4.69, 9.17) is 4.74 Å². The van der Waals surface area contributed by atoms with Crippen molar-refractivity contribution >= 4 is 5.78 Å². The summed E-state index contributed by atoms with van der Waals surface area (Å²) < 4.78 is 5.37. The van der Waals surface area contributed by atoms with Crippen LogP contribution in [0.2, 0.25) is 0 Å². The van der Waals surface area contributed by atoms with E-state index in [1.807, 2.05) is 13.8 Å². The molecule has 2 aliphatic rings. The van der Waals surface area contributed by atoms with E-state index in [0.29, 0.717) is 12.3 Å². The van der Waals surface area contributed by atoms with Gasteiger partial charge in [-0.3, -0.25) is 4.79 Å². The third-order valence-electron chi connectivity index (χ3n) is 3.13. The Morgan fingerprint density at radius 1 is 1.75 bits per heavy atom. The average molecular weight is 166 g/mol. The van der Waals surface area contributed by atoms with Gasteiger partial charge in [-0.1, -0.05) is 12.2 Å². The van der Waals surface area contributed by atoms with Gasteiger partial charge in [0.05, 0.1) is 6.10 Å². The maximum atomic E-state index is 11.5. The molecule has 12 heavy (non-hydrogen) atoms. The molecular formula is C10H14O2. The number of Topliss-reactive ketones (excluding diaryl/α,β-unsaturated/α-hetero) is 1. The fraction of sp³-hybridized carbons (Fsp3) is 0.700. The zero-order valence-corrected chi connectivity index (χ0v) is 7.59. The van der Waals surface area contributed by atoms with E-state index >= 15 is 0 Å². The van der Waals surface area contributed by atoms with Crippen LogP contribution in [0.5, 0.6) is 0 Å². The fourth-order valence-electron chi connectivity index (χ4n) is 1.92. The van der Waals surface area contributed by atoms with Crippen molar-refractivity contribution in [2.75, 3.05) is 0 Å². The van der Waals surface area contributed by atoms with Gasteiger partial charge in [-0.25, -0.2) is 0 Å². The molecule has 2 nitrogen and oxygen atoms in total. The van der Waals surface area contributed by atoms with E-state index in [1.54, 1.807) is 0 Å². The van der Waals surface area contributed by atoms with Crippen LogP contribution in [0.25, 0.3) is 0 Å². The lowest BCUT2D eigenvalue weighted by Gasteiger charge is -2.21. The van der Waals surface area contributed by atoms with Crippen molar-refractivity contribution in [3.05, 3.63) is 12.2 Å². The predicted molar refractivity (Wildman–Crippen MR) is 45.8 cm³/mol. The number of carbonyl (C=O) groups is 1. The molecule has 0 amide bonds. The highest BCUT2D eigenvalue weighted by Crippen LogP contribution is 2.48. The molecule has 2 heteroatoms. The SMILES string of the molecule is C=C(C)[C@@H]1CC(=O)[C@]2(C)OC2C1. The highest BCUT2D eigenvalue weighted by Gasteiger charge is 2.61. The topological polar surface area (TPSA) is 29.6 Å². The number of fused-ring (bicyclic) bond motifs is 1. The number of carbonyl (C=O) groups excluding carboxylic acids is 1. The molecule has 0 aromatic carbocycles. The lowest BCUT2D eigenvalue weighted by molar-refractivity contribution is -0.124. The minimum Gasteiger partial charge on any atom is -0.358 e. The van der Waals surface area contributed by atoms with Gasteiger partial charge in [-0.15, -0.1) is 0 Å². The van der Waals surface area contributed by atoms with Gasteiger partial charge in [-0.05, 0) is 26.2 Å². The van der Waals surface area contributed by atoms with Crippen LogP contribution in [0.3, 0.4) is 0 Å². The van der Waals surface area contributed by atoms with E-state index < -0.39 is 5.60 Å². The van der Waals surface area contributed by atoms with Crippen LogP contribution >= 0.6 is 0 Å². The zero-order valence-electron chi connectivity index (χ0n) is 7.59. The van der Waals surface area contributed by atoms with Gasteiger partial charge in [0.25, 0.3) is 0 Å². The Bertz CT molecular complexity index is 257. The van der Waals surface area contributed by atoms with Gasteiger partial charge < -0.3 is 4.74 Å². The number of ketones is 1. The first-order valence-electron chi connectivity index (χ1n) is 4.40. The third-order valence-corrected chi connectivity index (χ3v) is 3.13. The monoisotopic (exact) mass is 166 g/mol. The first-order valence-corrected chi connectivity index (χ1v) is 4.40. The van der Waals surface area contributed by atoms with Crippen molar-refractivity contribution in [2.24, 2.45) is 5.92 Å². The summed E-state index contributed by atoms with van der Waals surface area (Å²) in [6.07, 6.45) is 1.79. The second-order valence-electron chi connectivity index (χ2n) is 4.12. The second-order valence-corrected chi connectivity index (χ2v) is 4.12. The average Bonchev–Trinajstić information content (AvgIpc) is 2.62. The minimum atomic E-state index is -0.411. The number of rotatable bonds is 1. The van der Waals surface area contributed by atoms with Crippen molar-refractivity contribution in [3.63, 3.8) is 0 Å². The molecule has 0 aromatic rings. The lowest BCUT2D eigenvalue weighted by Crippen LogP contribution is -2.32. The molecule has 1 aliphatic carbocycles. The standard InChI is InChI=1S/C10H14O2/c1-6(2)7-4-8(11)10(3)9(5-7)12-10/h7,9H,1,4-5H2,2-3H3/t7-,9?,10+/m1/s1. The van der Waals surface area contributed by atoms with Gasteiger partial charge in [0, 0.05) is 6.42 Å². The van der Waals surface area contributed by atoms with Gasteiger partial charge >= 0.3 is 0 Å². The summed E-state index contributed by atoms with van der Waals surface area (Å²) in [7, 11) is 0. The minimum absolute atomic E-state index is 0.181. The molecule has 2 rings (SSSR count). The second kappa shape index (κ2) is 2.19. The van der Waals surface area contributed by atoms with E-state index in [1.165, 1.54) is 0 Å². The predicted octanol–water partition coefficient (Wildman–Crippen LogP) is 1.70. The summed E-state index contributed by atoms with van der Waals surface area (Å²) in [6.45, 7) is 7.77. The maximum Gasteiger partial charge on any atom is 0.167 e. The molecule has 1 saturated carbocycles. The highest BCUT2D eigenvalue weighted by molar-refractivity contribution is 5.91. The molecule has 0 N–H and O–H groups in total. The van der Waals surface area contributed by atoms with Crippen LogP contribution < -0.4 is 0 Å². The van der Waals surface area contributed by atoms with Crippen LogP contribution in [0.4, 0.5) is 0 Å². The number of allylic oxidation sites excluding steroid dienone is 1. The van der Waals surface area contributed by atoms with E-state index in [-0.39, 0.29) is 11.9 Å². The molecule has 3 atom stereocenters. The number of hydrogen-bond acceptors (Lipinski definition) is 2. The molecule has 0 spiro atoms. The van der Waals surface area contributed by atoms with Crippen LogP contribution in [0.1, 0.15) is 26.7 Å². The van der Waals surface area contributed by atoms with Crippen molar-refractivity contribution in [2.45, 2.75) is 38.4 Å². The van der Waals surface area contributed by atoms with Crippen LogP contribution in [0.15, 0.2) is 12.2 Å². The largest absolute Gasteiger partial charge is 0.358 e. The maximum absolute atomic E-state index is 11.5. The normalized spacial score (nSPS) is 45.3. The van der Waals surface area contributed by atoms with E-state index in [0.717, 1.165) is 12.0 Å². The Morgan fingerprint density at radius 3 is 2.92 bits per heavy atom. The lowest BCUT2D eigenvalue weighted by atomic mass is 9.79. The van der Waals surface area contributed by atoms with Gasteiger partial charge in [-0.2, -0.15) is 0 Å². The molecule has 0 bridgehead atoms. The fourth-order valence-corrected chi connectivity index (χ4v) is 1.92. The summed E-state index contributed by atoms with van der Waals surface area (Å²) in [5.41, 5.74) is 0.701. The quantitative estimate of drug-likeness (QED) is 0.438. The summed E-state index contributed by atoms with van der Waals surface area (Å²) in [4.78, 5) is 11.5. The highest BCUT2D eigenvalue weighted by atomic mass is 16.6. The van der Waals surface area contributed by atoms with E-state index in [9.17, 15) is 4.79 Å². The summed E-state index contributed by atoms with van der Waals surface area (Å²) in [5.74, 6) is 0.616. The Hall–Kier alpha value is -0.630. The first kappa shape index (κ1) is 7.99. The van der Waals surface area contributed by atoms with Gasteiger partial charge in [0.1, 0.15) is 5.60 Å². The number of ether oxygens (including phenoxy) is 1. The molecule has 2 fully saturated rings. The Balaban J connectivity index is 2.12. The van der Waals surface area contributed by atoms with Gasteiger partial charge in [0.15, 0.2) is 5.78 Å². The zero-order chi connectivity index (χ0) is 8.93. The smallest absolute Gasteiger partial charge is 0.167 e. The molecule has 1 saturated heterocycles. The van der Waals surface area contributed by atoms with Crippen molar-refractivity contribution in [1.29, 1.82) is 0 Å². The summed E-state index contributed by atoms with van der Waals surface area (Å²) >= 11 is 0. The molecule has 0 radical (unpaired) electrons. The molecule has 0 aromatic heterocycles. The van der Waals surface area contributed by atoms with Crippen LogP contribution in [-0.2, 0) is 9.53 Å². The first-order chi connectivity index (χ1) is 5.54. The summed E-state index contributed by atoms with van der Waals surface area (Å²) in [5, 5.41) is 0. The molecule has 66 valence electrons. The summed E-state index contributed by atoms with van der Waals surface area (Å²) in [6, 6.07) is 0. The van der Waals surface area contributed by atoms with Crippen molar-refractivity contribution < 1.29 is 9.53 Å². The van der Waals surface area contributed by atoms with Crippen molar-refractivity contribution in [1.82, 2.24) is 0 Å². The Morgan fingerprint density at radius 2 is 2.42 bits per heavy atom. The molecular weight excluding hydrogens is 152 g/mol. The molecule has 1 heterocycles. The molecule has 1 aliphatic heterocycles. The Labute approximate surface area is 72.6 Å². The number of hydrogen-bond donors (Lipinski definition) is 0. The van der Waals surface area contributed by atoms with Crippen molar-refractivity contribution in [3.8, 4) is 0 Å². The molecule has 1 unspecified atom stereocenters. The van der Waals surface area contributed by atoms with Crippen LogP contribution in [0, 0.1) is 5.92 Å².